The van der Waals surface area contributed by atoms with Gasteiger partial charge in [-0.05, 0) is 106 Å². The van der Waals surface area contributed by atoms with Crippen LogP contribution in [0.1, 0.15) is 36.0 Å². The molecule has 0 aliphatic heterocycles. The van der Waals surface area contributed by atoms with Gasteiger partial charge in [0, 0.05) is 21.4 Å². The van der Waals surface area contributed by atoms with E-state index < -0.39 is 6.85 Å². The monoisotopic (exact) mass is 664 g/mol. The SMILES string of the molecule is [2H]C([2H])([2H])c1cc(-c2ccccc2)ccc1-n1c(-c2ccccc2O)nc2c(-c3cc(-c4cc(-c5ccccc5)ccn4)cc(C(C)(C)C)c3)cccc21. The van der Waals surface area contributed by atoms with E-state index in [4.69, 9.17) is 14.1 Å². The minimum absolute atomic E-state index is 0.0494. The molecule has 0 radical (unpaired) electrons. The average molecular weight is 665 g/mol. The van der Waals surface area contributed by atoms with E-state index in [2.05, 4.69) is 63.2 Å². The summed E-state index contributed by atoms with van der Waals surface area (Å²) >= 11 is 0. The van der Waals surface area contributed by atoms with Gasteiger partial charge in [-0.1, -0.05) is 118 Å². The van der Waals surface area contributed by atoms with Crippen LogP contribution in [0, 0.1) is 6.85 Å². The van der Waals surface area contributed by atoms with E-state index in [9.17, 15) is 5.11 Å². The molecule has 248 valence electrons. The van der Waals surface area contributed by atoms with Crippen LogP contribution in [-0.2, 0) is 5.41 Å². The molecule has 0 saturated carbocycles. The minimum atomic E-state index is -2.44. The van der Waals surface area contributed by atoms with Crippen molar-refractivity contribution in [1.29, 1.82) is 0 Å². The van der Waals surface area contributed by atoms with Gasteiger partial charge in [-0.3, -0.25) is 9.55 Å². The summed E-state index contributed by atoms with van der Waals surface area (Å²) in [5, 5.41) is 11.2. The molecule has 2 aromatic heterocycles. The van der Waals surface area contributed by atoms with Crippen LogP contribution in [0.4, 0.5) is 0 Å². The Hall–Kier alpha value is -6.26. The third-order valence-electron chi connectivity index (χ3n) is 9.45. The molecule has 0 fully saturated rings. The van der Waals surface area contributed by atoms with E-state index in [0.717, 1.165) is 55.7 Å². The second-order valence-corrected chi connectivity index (χ2v) is 13.9. The first kappa shape index (κ1) is 28.6. The number of hydrogen-bond donors (Lipinski definition) is 1. The van der Waals surface area contributed by atoms with Gasteiger partial charge in [-0.25, -0.2) is 4.98 Å². The Morgan fingerprint density at radius 1 is 0.588 bits per heavy atom. The number of benzene rings is 6. The predicted octanol–water partition coefficient (Wildman–Crippen LogP) is 12.1. The lowest BCUT2D eigenvalue weighted by Gasteiger charge is -2.22. The summed E-state index contributed by atoms with van der Waals surface area (Å²) in [7, 11) is 0. The fraction of sp³-hybridized carbons (Fsp3) is 0.106. The van der Waals surface area contributed by atoms with Crippen LogP contribution in [0.5, 0.6) is 5.75 Å². The third-order valence-corrected chi connectivity index (χ3v) is 9.45. The molecule has 0 aliphatic carbocycles. The van der Waals surface area contributed by atoms with Crippen molar-refractivity contribution in [2.75, 3.05) is 0 Å². The van der Waals surface area contributed by atoms with Crippen LogP contribution in [0.25, 0.3) is 72.7 Å². The normalized spacial score (nSPS) is 12.7. The molecule has 8 rings (SSSR count). The van der Waals surface area contributed by atoms with Crippen molar-refractivity contribution in [1.82, 2.24) is 14.5 Å². The number of pyridine rings is 1. The quantitative estimate of drug-likeness (QED) is 0.192. The first-order valence-corrected chi connectivity index (χ1v) is 17.1. The molecule has 0 spiro atoms. The zero-order valence-corrected chi connectivity index (χ0v) is 28.8. The number of phenolic OH excluding ortho intramolecular Hbond substituents is 1. The lowest BCUT2D eigenvalue weighted by atomic mass is 9.83. The molecule has 2 heterocycles. The summed E-state index contributed by atoms with van der Waals surface area (Å²) < 4.78 is 27.9. The van der Waals surface area contributed by atoms with Crippen molar-refractivity contribution in [3.63, 3.8) is 0 Å². The van der Waals surface area contributed by atoms with Crippen LogP contribution < -0.4 is 0 Å². The Labute approximate surface area is 303 Å². The van der Waals surface area contributed by atoms with Crippen molar-refractivity contribution in [2.24, 2.45) is 0 Å². The molecule has 0 unspecified atom stereocenters. The van der Waals surface area contributed by atoms with Crippen molar-refractivity contribution in [2.45, 2.75) is 33.0 Å². The topological polar surface area (TPSA) is 50.9 Å². The van der Waals surface area contributed by atoms with Gasteiger partial charge in [0.2, 0.25) is 0 Å². The number of aromatic nitrogens is 3. The van der Waals surface area contributed by atoms with Gasteiger partial charge in [-0.15, -0.1) is 0 Å². The molecule has 0 bridgehead atoms. The first-order valence-electron chi connectivity index (χ1n) is 18.6. The number of aromatic hydroxyl groups is 1. The molecular formula is C47H39N3O. The van der Waals surface area contributed by atoms with E-state index in [1.54, 1.807) is 18.2 Å². The highest BCUT2D eigenvalue weighted by molar-refractivity contribution is 5.97. The second kappa shape index (κ2) is 12.9. The molecule has 4 heteroatoms. The molecule has 0 saturated heterocycles. The Balaban J connectivity index is 1.38. The summed E-state index contributed by atoms with van der Waals surface area (Å²) in [4.78, 5) is 10.1. The fourth-order valence-electron chi connectivity index (χ4n) is 6.72. The number of imidazole rings is 1. The predicted molar refractivity (Wildman–Crippen MR) is 211 cm³/mol. The molecule has 4 nitrogen and oxygen atoms in total. The number of hydrogen-bond acceptors (Lipinski definition) is 3. The number of nitrogens with zero attached hydrogens (tertiary/aromatic N) is 3. The van der Waals surface area contributed by atoms with Crippen molar-refractivity contribution in [3.05, 3.63) is 169 Å². The summed E-state index contributed by atoms with van der Waals surface area (Å²) in [6.07, 6.45) is 1.85. The average Bonchev–Trinajstić information content (AvgIpc) is 3.57. The lowest BCUT2D eigenvalue weighted by Crippen LogP contribution is -2.11. The van der Waals surface area contributed by atoms with E-state index in [1.807, 2.05) is 102 Å². The standard InChI is InChI=1S/C47H39N3O/c1-31-26-34(32-14-7-5-8-15-32)22-23-42(31)50-43-20-13-19-39(45(43)49-46(50)40-18-11-12-21-44(40)51)36-27-37(29-38(28-36)47(2,3)4)41-30-35(24-25-48-41)33-16-9-6-10-17-33/h5-30,51H,1-4H3/i1D3. The number of rotatable bonds is 6. The summed E-state index contributed by atoms with van der Waals surface area (Å²) in [5.41, 5.74) is 11.1. The van der Waals surface area contributed by atoms with Gasteiger partial charge >= 0.3 is 0 Å². The van der Waals surface area contributed by atoms with E-state index in [-0.39, 0.29) is 16.7 Å². The molecule has 51 heavy (non-hydrogen) atoms. The summed E-state index contributed by atoms with van der Waals surface area (Å²) in [6, 6.07) is 49.4. The van der Waals surface area contributed by atoms with Gasteiger partial charge in [0.25, 0.3) is 0 Å². The van der Waals surface area contributed by atoms with Crippen LogP contribution in [0.3, 0.4) is 0 Å². The van der Waals surface area contributed by atoms with Gasteiger partial charge in [-0.2, -0.15) is 0 Å². The number of fused-ring (bicyclic) bond motifs is 1. The molecule has 6 aromatic carbocycles. The first-order chi connectivity index (χ1) is 26.0. The van der Waals surface area contributed by atoms with E-state index in [1.165, 1.54) is 0 Å². The van der Waals surface area contributed by atoms with Crippen LogP contribution in [-0.4, -0.2) is 19.6 Å². The number of para-hydroxylation sites is 2. The zero-order chi connectivity index (χ0) is 37.6. The van der Waals surface area contributed by atoms with Gasteiger partial charge in [0.15, 0.2) is 0 Å². The van der Waals surface area contributed by atoms with Gasteiger partial charge in [0.1, 0.15) is 11.6 Å². The second-order valence-electron chi connectivity index (χ2n) is 13.9. The maximum absolute atomic E-state index is 11.2. The zero-order valence-electron chi connectivity index (χ0n) is 31.8. The minimum Gasteiger partial charge on any atom is -0.507 e. The highest BCUT2D eigenvalue weighted by atomic mass is 16.3. The maximum Gasteiger partial charge on any atom is 0.149 e. The number of phenols is 1. The smallest absolute Gasteiger partial charge is 0.149 e. The Kier molecular flexibility index (Phi) is 7.22. The highest BCUT2D eigenvalue weighted by Gasteiger charge is 2.23. The summed E-state index contributed by atoms with van der Waals surface area (Å²) in [6.45, 7) is 4.15. The van der Waals surface area contributed by atoms with Gasteiger partial charge in [0.05, 0.1) is 28.0 Å². The van der Waals surface area contributed by atoms with Gasteiger partial charge < -0.3 is 5.11 Å². The van der Waals surface area contributed by atoms with Crippen LogP contribution in [0.2, 0.25) is 0 Å². The molecule has 0 aliphatic rings. The molecular weight excluding hydrogens is 623 g/mol. The molecule has 0 atom stereocenters. The van der Waals surface area contributed by atoms with Crippen LogP contribution >= 0.6 is 0 Å². The highest BCUT2D eigenvalue weighted by Crippen LogP contribution is 2.40. The molecule has 8 aromatic rings. The van der Waals surface area contributed by atoms with Crippen molar-refractivity contribution >= 4 is 11.0 Å². The maximum atomic E-state index is 11.2. The fourth-order valence-corrected chi connectivity index (χ4v) is 6.72. The Bertz CT molecular complexity index is 2640. The number of aryl methyl sites for hydroxylation is 1. The third kappa shape index (κ3) is 6.10. The molecule has 0 amide bonds. The lowest BCUT2D eigenvalue weighted by molar-refractivity contribution is 0.477. The largest absolute Gasteiger partial charge is 0.507 e. The summed E-state index contributed by atoms with van der Waals surface area (Å²) in [5.74, 6) is 0.492. The Morgan fingerprint density at radius 2 is 1.25 bits per heavy atom. The van der Waals surface area contributed by atoms with Crippen LogP contribution in [0.15, 0.2) is 158 Å². The molecule has 1 N–H and O–H groups in total. The Morgan fingerprint density at radius 3 is 1.96 bits per heavy atom. The van der Waals surface area contributed by atoms with Crippen molar-refractivity contribution < 1.29 is 9.22 Å². The van der Waals surface area contributed by atoms with Crippen molar-refractivity contribution in [3.8, 4) is 67.5 Å². The van der Waals surface area contributed by atoms with E-state index in [0.29, 0.717) is 22.6 Å². The van der Waals surface area contributed by atoms with E-state index >= 15 is 0 Å².